The molecule has 0 fully saturated rings. The standard InChI is InChI=1S/C10H7N5S2/c1-2-7(4-11-3-1)9-15-8(5-16-9)17-10-13-12-6-14(10)15/h1-6,9H/t9-/m1/s1. The Kier molecular flexibility index (Phi) is 1.97. The highest BCUT2D eigenvalue weighted by Crippen LogP contribution is 2.50. The first-order valence-corrected chi connectivity index (χ1v) is 6.82. The molecule has 1 atom stereocenters. The summed E-state index contributed by atoms with van der Waals surface area (Å²) < 4.78 is 1.99. The lowest BCUT2D eigenvalue weighted by atomic mass is 10.3. The lowest BCUT2D eigenvalue weighted by Gasteiger charge is -2.23. The average molecular weight is 261 g/mol. The Hall–Kier alpha value is -1.47. The number of pyridine rings is 1. The van der Waals surface area contributed by atoms with Crippen molar-refractivity contribution in [3.05, 3.63) is 46.9 Å². The van der Waals surface area contributed by atoms with Gasteiger partial charge in [0.05, 0.1) is 0 Å². The molecule has 0 unspecified atom stereocenters. The van der Waals surface area contributed by atoms with Crippen molar-refractivity contribution in [3.63, 3.8) is 0 Å². The SMILES string of the molecule is C1=C2Sc3nncn3N2[C@@H](c2cccnc2)S1. The smallest absolute Gasteiger partial charge is 0.216 e. The van der Waals surface area contributed by atoms with Crippen molar-refractivity contribution >= 4 is 23.5 Å². The van der Waals surface area contributed by atoms with Crippen molar-refractivity contribution in [1.82, 2.24) is 19.9 Å². The van der Waals surface area contributed by atoms with Gasteiger partial charge in [0.2, 0.25) is 5.16 Å². The Morgan fingerprint density at radius 3 is 3.24 bits per heavy atom. The topological polar surface area (TPSA) is 46.8 Å². The van der Waals surface area contributed by atoms with E-state index in [-0.39, 0.29) is 5.37 Å². The molecule has 2 aliphatic rings. The van der Waals surface area contributed by atoms with Gasteiger partial charge in [0.25, 0.3) is 0 Å². The molecule has 0 saturated heterocycles. The number of aromatic nitrogens is 4. The summed E-state index contributed by atoms with van der Waals surface area (Å²) in [6.07, 6.45) is 5.44. The predicted molar refractivity (Wildman–Crippen MR) is 66.7 cm³/mol. The molecule has 0 N–H and O–H groups in total. The number of hydrogen-bond donors (Lipinski definition) is 0. The van der Waals surface area contributed by atoms with Gasteiger partial charge in [-0.3, -0.25) is 9.99 Å². The van der Waals surface area contributed by atoms with Crippen LogP contribution in [0.25, 0.3) is 0 Å². The van der Waals surface area contributed by atoms with Crippen LogP contribution in [-0.2, 0) is 0 Å². The zero-order chi connectivity index (χ0) is 11.2. The number of fused-ring (bicyclic) bond motifs is 3. The highest BCUT2D eigenvalue weighted by molar-refractivity contribution is 8.07. The number of rotatable bonds is 1. The van der Waals surface area contributed by atoms with Crippen LogP contribution in [0.1, 0.15) is 10.9 Å². The lowest BCUT2D eigenvalue weighted by molar-refractivity contribution is 0.633. The van der Waals surface area contributed by atoms with Gasteiger partial charge in [0.1, 0.15) is 16.7 Å². The van der Waals surface area contributed by atoms with Crippen molar-refractivity contribution in [2.75, 3.05) is 5.01 Å². The van der Waals surface area contributed by atoms with Crippen LogP contribution >= 0.6 is 23.5 Å². The second kappa shape index (κ2) is 3.51. The maximum Gasteiger partial charge on any atom is 0.216 e. The Morgan fingerprint density at radius 1 is 1.35 bits per heavy atom. The van der Waals surface area contributed by atoms with Crippen molar-refractivity contribution in [1.29, 1.82) is 0 Å². The Balaban J connectivity index is 1.78. The van der Waals surface area contributed by atoms with Crippen molar-refractivity contribution < 1.29 is 0 Å². The molecule has 2 aromatic rings. The molecule has 5 nitrogen and oxygen atoms in total. The van der Waals surface area contributed by atoms with E-state index in [0.29, 0.717) is 0 Å². The number of thioether (sulfide) groups is 2. The molecule has 0 aromatic carbocycles. The van der Waals surface area contributed by atoms with E-state index in [9.17, 15) is 0 Å². The maximum atomic E-state index is 4.18. The molecule has 7 heteroatoms. The Bertz CT molecular complexity index is 594. The van der Waals surface area contributed by atoms with Gasteiger partial charge in [-0.1, -0.05) is 17.8 Å². The van der Waals surface area contributed by atoms with E-state index in [1.807, 2.05) is 16.9 Å². The summed E-state index contributed by atoms with van der Waals surface area (Å²) in [5.74, 6) is 0. The van der Waals surface area contributed by atoms with Gasteiger partial charge in [-0.2, -0.15) is 0 Å². The first-order valence-electron chi connectivity index (χ1n) is 5.06. The van der Waals surface area contributed by atoms with E-state index in [1.165, 1.54) is 10.6 Å². The summed E-state index contributed by atoms with van der Waals surface area (Å²) >= 11 is 3.43. The van der Waals surface area contributed by atoms with Crippen LogP contribution in [0, 0.1) is 0 Å². The molecule has 0 bridgehead atoms. The third-order valence-electron chi connectivity index (χ3n) is 2.64. The second-order valence-electron chi connectivity index (χ2n) is 3.64. The van der Waals surface area contributed by atoms with Crippen LogP contribution in [0.4, 0.5) is 0 Å². The monoisotopic (exact) mass is 261 g/mol. The fraction of sp³-hybridized carbons (Fsp3) is 0.100. The van der Waals surface area contributed by atoms with Gasteiger partial charge in [-0.05, 0) is 17.8 Å². The molecule has 0 saturated carbocycles. The van der Waals surface area contributed by atoms with Crippen molar-refractivity contribution in [2.45, 2.75) is 10.5 Å². The van der Waals surface area contributed by atoms with Crippen LogP contribution in [-0.4, -0.2) is 19.9 Å². The first kappa shape index (κ1) is 9.55. The molecule has 0 amide bonds. The van der Waals surface area contributed by atoms with Crippen LogP contribution in [0.2, 0.25) is 0 Å². The first-order chi connectivity index (χ1) is 8.43. The summed E-state index contributed by atoms with van der Waals surface area (Å²) in [5.41, 5.74) is 1.19. The van der Waals surface area contributed by atoms with Crippen LogP contribution < -0.4 is 5.01 Å². The lowest BCUT2D eigenvalue weighted by Crippen LogP contribution is -2.28. The molecule has 0 aliphatic carbocycles. The number of hydrogen-bond acceptors (Lipinski definition) is 6. The van der Waals surface area contributed by atoms with Gasteiger partial charge >= 0.3 is 0 Å². The summed E-state index contributed by atoms with van der Waals surface area (Å²) in [7, 11) is 0. The average Bonchev–Trinajstić information content (AvgIpc) is 3.00. The zero-order valence-corrected chi connectivity index (χ0v) is 10.2. The molecular formula is C10H7N5S2. The second-order valence-corrected chi connectivity index (χ2v) is 5.58. The van der Waals surface area contributed by atoms with E-state index in [0.717, 1.165) is 5.16 Å². The molecule has 17 heavy (non-hydrogen) atoms. The van der Waals surface area contributed by atoms with Crippen molar-refractivity contribution in [2.24, 2.45) is 0 Å². The van der Waals surface area contributed by atoms with Gasteiger partial charge in [0, 0.05) is 23.4 Å². The fourth-order valence-corrected chi connectivity index (χ4v) is 4.11. The maximum absolute atomic E-state index is 4.18. The normalized spacial score (nSPS) is 21.3. The molecule has 0 spiro atoms. The molecule has 4 heterocycles. The third-order valence-corrected chi connectivity index (χ3v) is 4.85. The van der Waals surface area contributed by atoms with Crippen molar-refractivity contribution in [3.8, 4) is 0 Å². The number of nitrogens with zero attached hydrogens (tertiary/aromatic N) is 5. The van der Waals surface area contributed by atoms with Crippen LogP contribution in [0.5, 0.6) is 0 Å². The minimum absolute atomic E-state index is 0.225. The van der Waals surface area contributed by atoms with Gasteiger partial charge in [-0.15, -0.1) is 10.2 Å². The van der Waals surface area contributed by atoms with Gasteiger partial charge in [-0.25, -0.2) is 4.68 Å². The van der Waals surface area contributed by atoms with Gasteiger partial charge in [0.15, 0.2) is 0 Å². The Labute approximate surface area is 106 Å². The van der Waals surface area contributed by atoms with E-state index >= 15 is 0 Å². The summed E-state index contributed by atoms with van der Waals surface area (Å²) in [4.78, 5) is 4.18. The zero-order valence-electron chi connectivity index (χ0n) is 8.59. The van der Waals surface area contributed by atoms with E-state index < -0.39 is 0 Å². The van der Waals surface area contributed by atoms with E-state index in [1.54, 1.807) is 36.0 Å². The van der Waals surface area contributed by atoms with Crippen LogP contribution in [0.15, 0.2) is 46.4 Å². The molecular weight excluding hydrogens is 254 g/mol. The summed E-state index contributed by atoms with van der Waals surface area (Å²) in [5, 5.41) is 14.7. The summed E-state index contributed by atoms with van der Waals surface area (Å²) in [6.45, 7) is 0. The molecule has 0 radical (unpaired) electrons. The largest absolute Gasteiger partial charge is 0.264 e. The minimum Gasteiger partial charge on any atom is -0.264 e. The molecule has 4 rings (SSSR count). The highest BCUT2D eigenvalue weighted by atomic mass is 32.2. The Morgan fingerprint density at radius 2 is 2.35 bits per heavy atom. The molecule has 84 valence electrons. The van der Waals surface area contributed by atoms with E-state index in [4.69, 9.17) is 0 Å². The minimum atomic E-state index is 0.225. The predicted octanol–water partition coefficient (Wildman–Crippen LogP) is 1.96. The quantitative estimate of drug-likeness (QED) is 0.782. The van der Waals surface area contributed by atoms with E-state index in [2.05, 4.69) is 31.7 Å². The third kappa shape index (κ3) is 1.32. The molecule has 2 aliphatic heterocycles. The van der Waals surface area contributed by atoms with Gasteiger partial charge < -0.3 is 0 Å². The fourth-order valence-electron chi connectivity index (χ4n) is 1.91. The molecule has 2 aromatic heterocycles. The van der Waals surface area contributed by atoms with Crippen LogP contribution in [0.3, 0.4) is 0 Å². The highest BCUT2D eigenvalue weighted by Gasteiger charge is 2.37. The summed E-state index contributed by atoms with van der Waals surface area (Å²) in [6, 6.07) is 4.05.